The molecule has 1 aliphatic rings. The van der Waals surface area contributed by atoms with Gasteiger partial charge in [0.25, 0.3) is 0 Å². The number of esters is 1. The zero-order valence-electron chi connectivity index (χ0n) is 8.69. The van der Waals surface area contributed by atoms with E-state index < -0.39 is 0 Å². The normalized spacial score (nSPS) is 17.1. The van der Waals surface area contributed by atoms with E-state index in [9.17, 15) is 4.79 Å². The number of aromatic nitrogens is 1. The Balaban J connectivity index is 1.93. The SMILES string of the molecule is O=C(Oc1ccc(Br)cn1)C1CCOCC1. The third kappa shape index (κ3) is 3.02. The second-order valence-electron chi connectivity index (χ2n) is 3.62. The molecule has 0 radical (unpaired) electrons. The molecule has 0 spiro atoms. The number of pyridine rings is 1. The molecule has 0 amide bonds. The van der Waals surface area contributed by atoms with E-state index in [1.54, 1.807) is 18.3 Å². The van der Waals surface area contributed by atoms with Crippen LogP contribution < -0.4 is 4.74 Å². The van der Waals surface area contributed by atoms with Gasteiger partial charge in [0.1, 0.15) is 0 Å². The molecule has 0 N–H and O–H groups in total. The van der Waals surface area contributed by atoms with E-state index >= 15 is 0 Å². The Morgan fingerprint density at radius 2 is 2.19 bits per heavy atom. The molecule has 0 unspecified atom stereocenters. The first-order chi connectivity index (χ1) is 7.75. The summed E-state index contributed by atoms with van der Waals surface area (Å²) in [6, 6.07) is 3.46. The summed E-state index contributed by atoms with van der Waals surface area (Å²) in [5.74, 6) is 0.0806. The lowest BCUT2D eigenvalue weighted by Crippen LogP contribution is -2.27. The monoisotopic (exact) mass is 285 g/mol. The number of carbonyl (C=O) groups is 1. The highest BCUT2D eigenvalue weighted by Gasteiger charge is 2.23. The lowest BCUT2D eigenvalue weighted by Gasteiger charge is -2.19. The second-order valence-corrected chi connectivity index (χ2v) is 4.54. The predicted molar refractivity (Wildman–Crippen MR) is 61.1 cm³/mol. The van der Waals surface area contributed by atoms with Crippen molar-refractivity contribution in [3.63, 3.8) is 0 Å². The first kappa shape index (κ1) is 11.5. The van der Waals surface area contributed by atoms with Gasteiger partial charge < -0.3 is 9.47 Å². The van der Waals surface area contributed by atoms with Gasteiger partial charge in [0, 0.05) is 29.9 Å². The van der Waals surface area contributed by atoms with Crippen LogP contribution in [0.4, 0.5) is 0 Å². The van der Waals surface area contributed by atoms with Crippen LogP contribution >= 0.6 is 15.9 Å². The molecule has 1 aliphatic heterocycles. The molecule has 1 saturated heterocycles. The topological polar surface area (TPSA) is 48.4 Å². The Bertz CT molecular complexity index is 360. The highest BCUT2D eigenvalue weighted by Crippen LogP contribution is 2.18. The van der Waals surface area contributed by atoms with Gasteiger partial charge in [-0.25, -0.2) is 4.98 Å². The van der Waals surface area contributed by atoms with Gasteiger partial charge in [-0.3, -0.25) is 4.79 Å². The molecule has 2 heterocycles. The molecule has 0 saturated carbocycles. The number of hydrogen-bond acceptors (Lipinski definition) is 4. The summed E-state index contributed by atoms with van der Waals surface area (Å²) < 4.78 is 11.2. The van der Waals surface area contributed by atoms with Gasteiger partial charge in [-0.1, -0.05) is 0 Å². The van der Waals surface area contributed by atoms with Crippen LogP contribution in [-0.2, 0) is 9.53 Å². The van der Waals surface area contributed by atoms with Crippen LogP contribution in [0.5, 0.6) is 5.88 Å². The maximum absolute atomic E-state index is 11.7. The van der Waals surface area contributed by atoms with Crippen LogP contribution in [0.1, 0.15) is 12.8 Å². The highest BCUT2D eigenvalue weighted by molar-refractivity contribution is 9.10. The maximum Gasteiger partial charge on any atom is 0.315 e. The molecule has 16 heavy (non-hydrogen) atoms. The van der Waals surface area contributed by atoms with Crippen molar-refractivity contribution < 1.29 is 14.3 Å². The molecule has 0 atom stereocenters. The van der Waals surface area contributed by atoms with E-state index in [0.717, 1.165) is 17.3 Å². The van der Waals surface area contributed by atoms with Gasteiger partial charge in [-0.15, -0.1) is 0 Å². The molecule has 1 fully saturated rings. The van der Waals surface area contributed by atoms with Crippen LogP contribution in [0.25, 0.3) is 0 Å². The van der Waals surface area contributed by atoms with Gasteiger partial charge in [-0.2, -0.15) is 0 Å². The van der Waals surface area contributed by atoms with Crippen molar-refractivity contribution >= 4 is 21.9 Å². The molecule has 0 aliphatic carbocycles. The number of carbonyl (C=O) groups excluding carboxylic acids is 1. The summed E-state index contributed by atoms with van der Waals surface area (Å²) in [5, 5.41) is 0. The van der Waals surface area contributed by atoms with E-state index in [0.29, 0.717) is 19.1 Å². The van der Waals surface area contributed by atoms with Crippen molar-refractivity contribution in [1.29, 1.82) is 0 Å². The first-order valence-electron chi connectivity index (χ1n) is 5.17. The smallest absolute Gasteiger partial charge is 0.315 e. The summed E-state index contributed by atoms with van der Waals surface area (Å²) in [4.78, 5) is 15.7. The molecular weight excluding hydrogens is 274 g/mol. The fraction of sp³-hybridized carbons (Fsp3) is 0.455. The molecule has 0 bridgehead atoms. The largest absolute Gasteiger partial charge is 0.407 e. The van der Waals surface area contributed by atoms with Crippen LogP contribution in [0.2, 0.25) is 0 Å². The first-order valence-corrected chi connectivity index (χ1v) is 5.96. The van der Waals surface area contributed by atoms with E-state index in [1.807, 2.05) is 0 Å². The van der Waals surface area contributed by atoms with Gasteiger partial charge in [0.2, 0.25) is 5.88 Å². The third-order valence-corrected chi connectivity index (χ3v) is 2.93. The van der Waals surface area contributed by atoms with Crippen molar-refractivity contribution in [2.45, 2.75) is 12.8 Å². The number of hydrogen-bond donors (Lipinski definition) is 0. The van der Waals surface area contributed by atoms with E-state index in [1.165, 1.54) is 0 Å². The lowest BCUT2D eigenvalue weighted by atomic mass is 10.0. The summed E-state index contributed by atoms with van der Waals surface area (Å²) >= 11 is 3.27. The number of halogens is 1. The van der Waals surface area contributed by atoms with Gasteiger partial charge in [0.15, 0.2) is 0 Å². The molecule has 5 heteroatoms. The molecule has 0 aromatic carbocycles. The van der Waals surface area contributed by atoms with E-state index in [2.05, 4.69) is 20.9 Å². The van der Waals surface area contributed by atoms with Crippen LogP contribution in [-0.4, -0.2) is 24.2 Å². The zero-order chi connectivity index (χ0) is 11.4. The van der Waals surface area contributed by atoms with Crippen LogP contribution in [0, 0.1) is 5.92 Å². The average molecular weight is 286 g/mol. The van der Waals surface area contributed by atoms with Gasteiger partial charge >= 0.3 is 5.97 Å². The molecule has 4 nitrogen and oxygen atoms in total. The van der Waals surface area contributed by atoms with E-state index in [4.69, 9.17) is 9.47 Å². The summed E-state index contributed by atoms with van der Waals surface area (Å²) in [5.41, 5.74) is 0. The fourth-order valence-corrected chi connectivity index (χ4v) is 1.78. The summed E-state index contributed by atoms with van der Waals surface area (Å²) in [6.07, 6.45) is 3.07. The lowest BCUT2D eigenvalue weighted by molar-refractivity contribution is -0.142. The van der Waals surface area contributed by atoms with Crippen molar-refractivity contribution in [3.8, 4) is 5.88 Å². The Labute approximate surface area is 102 Å². The van der Waals surface area contributed by atoms with Crippen molar-refractivity contribution in [1.82, 2.24) is 4.98 Å². The van der Waals surface area contributed by atoms with Gasteiger partial charge in [-0.05, 0) is 34.8 Å². The molecule has 86 valence electrons. The quantitative estimate of drug-likeness (QED) is 0.782. The molecular formula is C11H12BrNO3. The predicted octanol–water partition coefficient (Wildman–Crippen LogP) is 2.18. The second kappa shape index (κ2) is 5.41. The number of ether oxygens (including phenoxy) is 2. The molecule has 2 rings (SSSR count). The maximum atomic E-state index is 11.7. The third-order valence-electron chi connectivity index (χ3n) is 2.46. The fourth-order valence-electron chi connectivity index (χ4n) is 1.54. The summed E-state index contributed by atoms with van der Waals surface area (Å²) in [7, 11) is 0. The minimum atomic E-state index is -0.210. The Kier molecular flexibility index (Phi) is 3.90. The van der Waals surface area contributed by atoms with Crippen LogP contribution in [0.3, 0.4) is 0 Å². The zero-order valence-corrected chi connectivity index (χ0v) is 10.3. The summed E-state index contributed by atoms with van der Waals surface area (Å²) in [6.45, 7) is 1.26. The Morgan fingerprint density at radius 1 is 1.44 bits per heavy atom. The minimum Gasteiger partial charge on any atom is -0.407 e. The van der Waals surface area contributed by atoms with E-state index in [-0.39, 0.29) is 11.9 Å². The van der Waals surface area contributed by atoms with Crippen molar-refractivity contribution in [2.75, 3.05) is 13.2 Å². The average Bonchev–Trinajstić information content (AvgIpc) is 2.33. The van der Waals surface area contributed by atoms with Crippen molar-refractivity contribution in [2.24, 2.45) is 5.92 Å². The highest BCUT2D eigenvalue weighted by atomic mass is 79.9. The molecule has 1 aromatic rings. The van der Waals surface area contributed by atoms with Gasteiger partial charge in [0.05, 0.1) is 5.92 Å². The van der Waals surface area contributed by atoms with Crippen molar-refractivity contribution in [3.05, 3.63) is 22.8 Å². The Hall–Kier alpha value is -0.940. The Morgan fingerprint density at radius 3 is 2.81 bits per heavy atom. The number of rotatable bonds is 2. The minimum absolute atomic E-state index is 0.0563. The van der Waals surface area contributed by atoms with Crippen LogP contribution in [0.15, 0.2) is 22.8 Å². The molecule has 1 aromatic heterocycles. The number of nitrogens with zero attached hydrogens (tertiary/aromatic N) is 1. The standard InChI is InChI=1S/C11H12BrNO3/c12-9-1-2-10(13-7-9)16-11(14)8-3-5-15-6-4-8/h1-2,7-8H,3-6H2.